The van der Waals surface area contributed by atoms with Crippen molar-refractivity contribution in [1.29, 1.82) is 0 Å². The Labute approximate surface area is 228 Å². The number of carboxylic acid groups (broad SMARTS) is 1. The van der Waals surface area contributed by atoms with Crippen LogP contribution in [0.3, 0.4) is 0 Å². The number of nitrogens with two attached hydrogens (primary N) is 1. The van der Waals surface area contributed by atoms with E-state index in [2.05, 4.69) is 17.2 Å². The summed E-state index contributed by atoms with van der Waals surface area (Å²) in [5, 5.41) is 20.8. The molecule has 2 rings (SSSR count). The van der Waals surface area contributed by atoms with Crippen LogP contribution in [0, 0.1) is 5.82 Å². The molecule has 0 saturated carbocycles. The summed E-state index contributed by atoms with van der Waals surface area (Å²) >= 11 is 0. The van der Waals surface area contributed by atoms with E-state index >= 15 is 0 Å². The number of hydrogen-bond acceptors (Lipinski definition) is 5. The van der Waals surface area contributed by atoms with Crippen molar-refractivity contribution in [1.82, 2.24) is 10.3 Å². The maximum Gasteiger partial charge on any atom is 0.418 e. The van der Waals surface area contributed by atoms with Gasteiger partial charge in [0.2, 0.25) is 0 Å². The van der Waals surface area contributed by atoms with Gasteiger partial charge in [-0.3, -0.25) is 0 Å². The molecule has 0 amide bonds. The van der Waals surface area contributed by atoms with E-state index in [4.69, 9.17) is 10.8 Å². The van der Waals surface area contributed by atoms with Crippen LogP contribution in [0.5, 0.6) is 0 Å². The number of aliphatic hydroxyl groups is 1. The first kappa shape index (κ1) is 35.1. The highest BCUT2D eigenvalue weighted by Crippen LogP contribution is 2.38. The van der Waals surface area contributed by atoms with Crippen molar-refractivity contribution in [3.63, 3.8) is 0 Å². The van der Waals surface area contributed by atoms with Crippen LogP contribution in [0.25, 0.3) is 11.3 Å². The number of nitrogen functional groups attached to an aromatic ring is 1. The number of aromatic nitrogens is 1. The molecule has 6 nitrogen and oxygen atoms in total. The summed E-state index contributed by atoms with van der Waals surface area (Å²) in [4.78, 5) is 14.4. The van der Waals surface area contributed by atoms with Crippen molar-refractivity contribution in [2.75, 3.05) is 18.8 Å². The number of anilines is 1. The van der Waals surface area contributed by atoms with Gasteiger partial charge in [-0.15, -0.1) is 0 Å². The van der Waals surface area contributed by atoms with E-state index < -0.39 is 58.9 Å². The van der Waals surface area contributed by atoms with Crippen molar-refractivity contribution >= 4 is 11.7 Å². The van der Waals surface area contributed by atoms with Gasteiger partial charge in [0.15, 0.2) is 11.3 Å². The number of benzene rings is 1. The fourth-order valence-corrected chi connectivity index (χ4v) is 3.56. The van der Waals surface area contributed by atoms with Crippen LogP contribution >= 0.6 is 0 Å². The Morgan fingerprint density at radius 3 is 1.95 bits per heavy atom. The number of nitrogens with one attached hydrogen (secondary N) is 1. The molecule has 0 bridgehead atoms. The topological polar surface area (TPSA) is 108 Å². The summed E-state index contributed by atoms with van der Waals surface area (Å²) in [5.74, 6) is -2.19. The van der Waals surface area contributed by atoms with Crippen molar-refractivity contribution in [3.8, 4) is 11.3 Å². The number of rotatable bonds is 13. The molecule has 40 heavy (non-hydrogen) atoms. The number of hydrogen-bond donors (Lipinski definition) is 4. The first-order valence-corrected chi connectivity index (χ1v) is 12.9. The molecule has 226 valence electrons. The quantitative estimate of drug-likeness (QED) is 0.147. The zero-order valence-electron chi connectivity index (χ0n) is 22.4. The smallest absolute Gasteiger partial charge is 0.418 e. The minimum absolute atomic E-state index is 0.0637. The van der Waals surface area contributed by atoms with E-state index in [0.29, 0.717) is 12.6 Å². The van der Waals surface area contributed by atoms with Gasteiger partial charge in [0.05, 0.1) is 16.9 Å². The molecule has 0 fully saturated rings. The second-order valence-corrected chi connectivity index (χ2v) is 9.56. The van der Waals surface area contributed by atoms with Crippen LogP contribution < -0.4 is 11.1 Å². The van der Waals surface area contributed by atoms with Crippen molar-refractivity contribution in [2.45, 2.75) is 83.2 Å². The van der Waals surface area contributed by atoms with Crippen LogP contribution in [-0.2, 0) is 6.18 Å². The van der Waals surface area contributed by atoms with E-state index in [1.54, 1.807) is 0 Å². The van der Waals surface area contributed by atoms with Gasteiger partial charge in [0.1, 0.15) is 5.82 Å². The molecule has 0 saturated heterocycles. The minimum atomic E-state index is -4.78. The summed E-state index contributed by atoms with van der Waals surface area (Å²) in [6.45, 7) is 3.07. The molecule has 1 aromatic carbocycles. The summed E-state index contributed by atoms with van der Waals surface area (Å²) in [6.07, 6.45) is -0.0398. The number of pyridine rings is 1. The Kier molecular flexibility index (Phi) is 13.8. The van der Waals surface area contributed by atoms with Gasteiger partial charge in [-0.1, -0.05) is 51.9 Å². The summed E-state index contributed by atoms with van der Waals surface area (Å²) in [6, 6.07) is 4.57. The maximum absolute atomic E-state index is 13.0. The predicted octanol–water partition coefficient (Wildman–Crippen LogP) is 7.22. The fourth-order valence-electron chi connectivity index (χ4n) is 3.56. The zero-order valence-corrected chi connectivity index (χ0v) is 22.4. The molecule has 1 atom stereocenters. The van der Waals surface area contributed by atoms with Crippen molar-refractivity contribution < 1.29 is 45.7 Å². The van der Waals surface area contributed by atoms with Gasteiger partial charge < -0.3 is 21.3 Å². The molecule has 0 unspecified atom stereocenters. The van der Waals surface area contributed by atoms with Crippen LogP contribution in [-0.4, -0.2) is 46.0 Å². The van der Waals surface area contributed by atoms with Gasteiger partial charge in [0.25, 0.3) is 0 Å². The molecule has 5 N–H and O–H groups in total. The Bertz CT molecular complexity index is 1060. The molecule has 0 aliphatic carbocycles. The molecule has 1 aromatic heterocycles. The monoisotopic (exact) mass is 583 g/mol. The lowest BCUT2D eigenvalue weighted by molar-refractivity contribution is -0.250. The number of unbranched alkanes of at least 4 members (excludes halogenated alkanes) is 7. The van der Waals surface area contributed by atoms with Gasteiger partial charge in [-0.05, 0) is 50.2 Å². The standard InChI is InChI=1S/C14H28F3NO.C13H8F4N2O2/c1-3-4-5-6-7-8-9-10-11-18-12-13(2,19)14(15,16)17;14-7-3-1-6(2-4-7)10-8(13(15,16)17)5-9(18)11(19-10)12(20)21/h18-19H,3-12H2,1-2H3;1-5H,18H2,(H,20,21)/t13-;/m0./s1. The second kappa shape index (κ2) is 15.8. The van der Waals surface area contributed by atoms with Crippen LogP contribution in [0.1, 0.15) is 81.3 Å². The molecule has 2 aromatic rings. The van der Waals surface area contributed by atoms with E-state index in [1.165, 1.54) is 32.1 Å². The molecule has 1 heterocycles. The number of aromatic carboxylic acids is 1. The van der Waals surface area contributed by atoms with Gasteiger partial charge in [-0.2, -0.15) is 26.3 Å². The third-order valence-corrected chi connectivity index (χ3v) is 5.96. The third-order valence-electron chi connectivity index (χ3n) is 5.96. The van der Waals surface area contributed by atoms with Gasteiger partial charge in [-0.25, -0.2) is 14.2 Å². The second-order valence-electron chi connectivity index (χ2n) is 9.56. The Balaban J connectivity index is 0.000000403. The highest BCUT2D eigenvalue weighted by Gasteiger charge is 2.49. The number of nitrogens with zero attached hydrogens (tertiary/aromatic N) is 1. The van der Waals surface area contributed by atoms with E-state index in [1.807, 2.05) is 0 Å². The Morgan fingerprint density at radius 2 is 1.48 bits per heavy atom. The zero-order chi connectivity index (χ0) is 30.6. The molecule has 0 radical (unpaired) electrons. The number of halogens is 7. The van der Waals surface area contributed by atoms with Gasteiger partial charge in [0, 0.05) is 12.1 Å². The molecule has 0 spiro atoms. The van der Waals surface area contributed by atoms with Crippen molar-refractivity contribution in [2.24, 2.45) is 0 Å². The van der Waals surface area contributed by atoms with E-state index in [9.17, 15) is 40.6 Å². The summed E-state index contributed by atoms with van der Waals surface area (Å²) in [5.41, 5.74) is -0.498. The van der Waals surface area contributed by atoms with Crippen LogP contribution in [0.15, 0.2) is 30.3 Å². The molecule has 0 aliphatic rings. The Morgan fingerprint density at radius 1 is 0.950 bits per heavy atom. The van der Waals surface area contributed by atoms with Gasteiger partial charge >= 0.3 is 18.3 Å². The summed E-state index contributed by atoms with van der Waals surface area (Å²) < 4.78 is 88.8. The normalized spacial score (nSPS) is 13.3. The highest BCUT2D eigenvalue weighted by atomic mass is 19.4. The number of alkyl halides is 6. The highest BCUT2D eigenvalue weighted by molar-refractivity contribution is 5.92. The number of carboxylic acids is 1. The average Bonchev–Trinajstić information content (AvgIpc) is 2.84. The lowest BCUT2D eigenvalue weighted by Gasteiger charge is -2.26. The molecule has 0 aliphatic heterocycles. The number of carbonyl (C=O) groups is 1. The van der Waals surface area contributed by atoms with Crippen LogP contribution in [0.2, 0.25) is 0 Å². The lowest BCUT2D eigenvalue weighted by Crippen LogP contribution is -2.50. The Hall–Kier alpha value is -2.93. The third kappa shape index (κ3) is 11.7. The van der Waals surface area contributed by atoms with E-state index in [0.717, 1.165) is 50.5 Å². The summed E-state index contributed by atoms with van der Waals surface area (Å²) in [7, 11) is 0. The fraction of sp³-hybridized carbons (Fsp3) is 0.556. The average molecular weight is 584 g/mol. The largest absolute Gasteiger partial charge is 0.476 e. The lowest BCUT2D eigenvalue weighted by atomic mass is 10.0. The first-order chi connectivity index (χ1) is 18.5. The molecular formula is C27H36F7N3O3. The SMILES string of the molecule is CCCCCCCCCCNC[C@](C)(O)C(F)(F)F.Nc1cc(C(F)(F)F)c(-c2ccc(F)cc2)nc1C(=O)O. The molecule has 13 heteroatoms. The minimum Gasteiger partial charge on any atom is -0.476 e. The molecular weight excluding hydrogens is 547 g/mol. The van der Waals surface area contributed by atoms with Crippen LogP contribution in [0.4, 0.5) is 36.4 Å². The van der Waals surface area contributed by atoms with Crippen molar-refractivity contribution in [3.05, 3.63) is 47.4 Å². The first-order valence-electron chi connectivity index (χ1n) is 12.9. The van der Waals surface area contributed by atoms with E-state index in [-0.39, 0.29) is 5.56 Å². The predicted molar refractivity (Wildman–Crippen MR) is 138 cm³/mol. The maximum atomic E-state index is 13.0.